The molecule has 5 heteroatoms. The number of carbonyl (C=O) groups excluding carboxylic acids is 1. The van der Waals surface area contributed by atoms with Crippen molar-refractivity contribution in [3.8, 4) is 0 Å². The highest BCUT2D eigenvalue weighted by atomic mass is 16.2. The average molecular weight is 374 g/mol. The fourth-order valence-corrected chi connectivity index (χ4v) is 3.74. The van der Waals surface area contributed by atoms with Gasteiger partial charge in [-0.1, -0.05) is 39.0 Å². The van der Waals surface area contributed by atoms with E-state index in [9.17, 15) is 4.79 Å². The Bertz CT molecular complexity index is 954. The van der Waals surface area contributed by atoms with E-state index in [1.807, 2.05) is 41.4 Å². The Balaban J connectivity index is 1.59. The van der Waals surface area contributed by atoms with Gasteiger partial charge < -0.3 is 14.8 Å². The fraction of sp³-hybridized carbons (Fsp3) is 0.304. The summed E-state index contributed by atoms with van der Waals surface area (Å²) in [7, 11) is 0. The Kier molecular flexibility index (Phi) is 4.67. The number of carbonyl (C=O) groups is 1. The zero-order valence-corrected chi connectivity index (χ0v) is 16.6. The third-order valence-corrected chi connectivity index (χ3v) is 5.30. The van der Waals surface area contributed by atoms with E-state index >= 15 is 0 Å². The number of nitrogens with zero attached hydrogens (tertiary/aromatic N) is 3. The number of nitrogens with one attached hydrogen (secondary N) is 1. The minimum Gasteiger partial charge on any atom is -0.348 e. The second-order valence-corrected chi connectivity index (χ2v) is 8.27. The van der Waals surface area contributed by atoms with Gasteiger partial charge >= 0.3 is 6.03 Å². The number of amides is 2. The van der Waals surface area contributed by atoms with Crippen molar-refractivity contribution in [2.75, 3.05) is 11.9 Å². The van der Waals surface area contributed by atoms with E-state index in [0.29, 0.717) is 6.54 Å². The van der Waals surface area contributed by atoms with Crippen LogP contribution in [-0.4, -0.2) is 27.0 Å². The third-order valence-electron chi connectivity index (χ3n) is 5.30. The first-order chi connectivity index (χ1) is 13.4. The van der Waals surface area contributed by atoms with Gasteiger partial charge in [0.15, 0.2) is 0 Å². The highest BCUT2D eigenvalue weighted by Gasteiger charge is 2.32. The number of rotatable bonds is 2. The first kappa shape index (κ1) is 18.3. The van der Waals surface area contributed by atoms with Crippen molar-refractivity contribution >= 4 is 11.7 Å². The minimum atomic E-state index is -0.147. The van der Waals surface area contributed by atoms with E-state index in [2.05, 4.69) is 60.0 Å². The Morgan fingerprint density at radius 3 is 2.54 bits per heavy atom. The van der Waals surface area contributed by atoms with Crippen LogP contribution in [0.15, 0.2) is 67.1 Å². The Morgan fingerprint density at radius 2 is 1.86 bits per heavy atom. The smallest absolute Gasteiger partial charge is 0.322 e. The Hall–Kier alpha value is -3.08. The molecule has 144 valence electrons. The number of aromatic nitrogens is 2. The highest BCUT2D eigenvalue weighted by Crippen LogP contribution is 2.32. The third kappa shape index (κ3) is 3.52. The van der Waals surface area contributed by atoms with E-state index in [1.165, 1.54) is 5.56 Å². The summed E-state index contributed by atoms with van der Waals surface area (Å²) >= 11 is 0. The number of benzene rings is 1. The van der Waals surface area contributed by atoms with Gasteiger partial charge in [-0.25, -0.2) is 4.79 Å². The van der Waals surface area contributed by atoms with E-state index in [0.717, 1.165) is 23.5 Å². The lowest BCUT2D eigenvalue weighted by atomic mass is 9.87. The molecule has 3 heterocycles. The molecule has 2 amide bonds. The van der Waals surface area contributed by atoms with Crippen LogP contribution in [0.25, 0.3) is 0 Å². The molecule has 0 spiro atoms. The lowest BCUT2D eigenvalue weighted by molar-refractivity contribution is 0.181. The second kappa shape index (κ2) is 7.15. The molecule has 1 aliphatic rings. The zero-order chi connectivity index (χ0) is 19.7. The van der Waals surface area contributed by atoms with Crippen LogP contribution >= 0.6 is 0 Å². The van der Waals surface area contributed by atoms with Gasteiger partial charge in [0.2, 0.25) is 0 Å². The molecule has 1 aromatic carbocycles. The van der Waals surface area contributed by atoms with E-state index in [4.69, 9.17) is 0 Å². The zero-order valence-electron chi connectivity index (χ0n) is 16.6. The van der Waals surface area contributed by atoms with Gasteiger partial charge in [0, 0.05) is 43.1 Å². The highest BCUT2D eigenvalue weighted by molar-refractivity contribution is 5.90. The van der Waals surface area contributed by atoms with Crippen LogP contribution in [0.5, 0.6) is 0 Å². The largest absolute Gasteiger partial charge is 0.348 e. The van der Waals surface area contributed by atoms with Crippen molar-refractivity contribution in [3.05, 3.63) is 83.9 Å². The van der Waals surface area contributed by atoms with Crippen molar-refractivity contribution in [3.63, 3.8) is 0 Å². The predicted molar refractivity (Wildman–Crippen MR) is 111 cm³/mol. The van der Waals surface area contributed by atoms with Crippen LogP contribution in [0.4, 0.5) is 10.5 Å². The molecular weight excluding hydrogens is 348 g/mol. The normalized spacial score (nSPS) is 16.5. The summed E-state index contributed by atoms with van der Waals surface area (Å²) in [6, 6.07) is 15.9. The van der Waals surface area contributed by atoms with Crippen LogP contribution in [0.1, 0.15) is 43.6 Å². The lowest BCUT2D eigenvalue weighted by Crippen LogP contribution is -2.44. The van der Waals surface area contributed by atoms with Gasteiger partial charge in [-0.05, 0) is 46.9 Å². The van der Waals surface area contributed by atoms with E-state index in [1.54, 1.807) is 6.20 Å². The van der Waals surface area contributed by atoms with Crippen LogP contribution in [-0.2, 0) is 12.0 Å². The molecule has 5 nitrogen and oxygen atoms in total. The number of hydrogen-bond acceptors (Lipinski definition) is 2. The SMILES string of the molecule is CC(C)(C)c1ccc(NC(=O)N2CCn3cccc3[C@H]2c2cccnc2)cc1. The maximum atomic E-state index is 13.1. The van der Waals surface area contributed by atoms with Gasteiger partial charge in [0.1, 0.15) is 6.04 Å². The van der Waals surface area contributed by atoms with Gasteiger partial charge in [-0.15, -0.1) is 0 Å². The molecule has 0 unspecified atom stereocenters. The van der Waals surface area contributed by atoms with Crippen molar-refractivity contribution in [2.24, 2.45) is 0 Å². The molecule has 1 aliphatic heterocycles. The summed E-state index contributed by atoms with van der Waals surface area (Å²) < 4.78 is 2.21. The van der Waals surface area contributed by atoms with Crippen molar-refractivity contribution in [2.45, 2.75) is 38.8 Å². The van der Waals surface area contributed by atoms with Crippen molar-refractivity contribution < 1.29 is 4.79 Å². The van der Waals surface area contributed by atoms with E-state index < -0.39 is 0 Å². The molecular formula is C23H26N4O. The number of anilines is 1. The molecule has 1 atom stereocenters. The molecule has 0 saturated carbocycles. The summed E-state index contributed by atoms with van der Waals surface area (Å²) in [5.41, 5.74) is 4.27. The monoisotopic (exact) mass is 374 g/mol. The van der Waals surface area contributed by atoms with Crippen molar-refractivity contribution in [1.29, 1.82) is 0 Å². The Labute approximate surface area is 166 Å². The molecule has 0 aliphatic carbocycles. The minimum absolute atomic E-state index is 0.0895. The van der Waals surface area contributed by atoms with E-state index in [-0.39, 0.29) is 17.5 Å². The molecule has 3 aromatic rings. The molecule has 0 bridgehead atoms. The maximum Gasteiger partial charge on any atom is 0.322 e. The maximum absolute atomic E-state index is 13.1. The molecule has 1 N–H and O–H groups in total. The summed E-state index contributed by atoms with van der Waals surface area (Å²) in [6.07, 6.45) is 5.66. The summed E-state index contributed by atoms with van der Waals surface area (Å²) in [5.74, 6) is 0. The first-order valence-electron chi connectivity index (χ1n) is 9.66. The number of hydrogen-bond donors (Lipinski definition) is 1. The van der Waals surface area contributed by atoms with Crippen LogP contribution in [0.3, 0.4) is 0 Å². The van der Waals surface area contributed by atoms with Crippen molar-refractivity contribution in [1.82, 2.24) is 14.5 Å². The number of fused-ring (bicyclic) bond motifs is 1. The predicted octanol–water partition coefficient (Wildman–Crippen LogP) is 4.82. The van der Waals surface area contributed by atoms with Gasteiger partial charge in [0.05, 0.1) is 0 Å². The molecule has 0 fully saturated rings. The molecule has 4 rings (SSSR count). The molecule has 28 heavy (non-hydrogen) atoms. The van der Waals surface area contributed by atoms with Gasteiger partial charge in [0.25, 0.3) is 0 Å². The number of pyridine rings is 1. The quantitative estimate of drug-likeness (QED) is 0.699. The summed E-state index contributed by atoms with van der Waals surface area (Å²) in [6.45, 7) is 7.98. The van der Waals surface area contributed by atoms with Gasteiger partial charge in [-0.2, -0.15) is 0 Å². The molecule has 0 radical (unpaired) electrons. The second-order valence-electron chi connectivity index (χ2n) is 8.27. The number of urea groups is 1. The van der Waals surface area contributed by atoms with Gasteiger partial charge in [-0.3, -0.25) is 4.98 Å². The van der Waals surface area contributed by atoms with Crippen LogP contribution < -0.4 is 5.32 Å². The summed E-state index contributed by atoms with van der Waals surface area (Å²) in [4.78, 5) is 19.3. The van der Waals surface area contributed by atoms with Crippen LogP contribution in [0, 0.1) is 0 Å². The van der Waals surface area contributed by atoms with Crippen LogP contribution in [0.2, 0.25) is 0 Å². The standard InChI is InChI=1S/C23H26N4O/c1-23(2,3)18-8-10-19(11-9-18)25-22(28)27-15-14-26-13-5-7-20(26)21(27)17-6-4-12-24-16-17/h4-13,16,21H,14-15H2,1-3H3,(H,25,28)/t21-/m1/s1. The summed E-state index contributed by atoms with van der Waals surface area (Å²) in [5, 5.41) is 3.07. The fourth-order valence-electron chi connectivity index (χ4n) is 3.74. The lowest BCUT2D eigenvalue weighted by Gasteiger charge is -2.37. The molecule has 2 aromatic heterocycles. The first-order valence-corrected chi connectivity index (χ1v) is 9.66. The molecule has 0 saturated heterocycles. The topological polar surface area (TPSA) is 50.2 Å². The average Bonchev–Trinajstić information content (AvgIpc) is 3.16. The Morgan fingerprint density at radius 1 is 1.07 bits per heavy atom.